The number of carbonyl (C=O) groups excluding carboxylic acids is 1. The van der Waals surface area contributed by atoms with Crippen molar-refractivity contribution in [3.8, 4) is 5.75 Å². The van der Waals surface area contributed by atoms with Crippen molar-refractivity contribution in [2.45, 2.75) is 39.0 Å². The fraction of sp³-hybridized carbons (Fsp3) is 0.632. The highest BCUT2D eigenvalue weighted by molar-refractivity contribution is 5.78. The first-order valence-corrected chi connectivity index (χ1v) is 9.06. The van der Waals surface area contributed by atoms with Crippen LogP contribution in [-0.2, 0) is 11.3 Å². The quantitative estimate of drug-likeness (QED) is 0.735. The molecule has 1 aromatic rings. The SMILES string of the molecule is CC[C@H]1CN(CC(=O)NCc2cccc(OC)c2)CCN1C[C@@H](C)O. The lowest BCUT2D eigenvalue weighted by atomic mass is 10.1. The molecule has 1 aliphatic heterocycles. The van der Waals surface area contributed by atoms with Crippen LogP contribution in [0.2, 0.25) is 0 Å². The summed E-state index contributed by atoms with van der Waals surface area (Å²) in [6.45, 7) is 8.24. The van der Waals surface area contributed by atoms with Crippen LogP contribution in [0.25, 0.3) is 0 Å². The summed E-state index contributed by atoms with van der Waals surface area (Å²) in [5.41, 5.74) is 1.03. The Labute approximate surface area is 150 Å². The number of hydrogen-bond donors (Lipinski definition) is 2. The Morgan fingerprint density at radius 1 is 1.44 bits per heavy atom. The number of aliphatic hydroxyl groups is 1. The minimum atomic E-state index is -0.313. The molecule has 1 amide bonds. The van der Waals surface area contributed by atoms with Gasteiger partial charge in [0.25, 0.3) is 0 Å². The van der Waals surface area contributed by atoms with Gasteiger partial charge < -0.3 is 15.2 Å². The predicted octanol–water partition coefficient (Wildman–Crippen LogP) is 1.09. The number of nitrogens with zero attached hydrogens (tertiary/aromatic N) is 2. The molecule has 2 atom stereocenters. The first-order chi connectivity index (χ1) is 12.0. The second-order valence-corrected chi connectivity index (χ2v) is 6.77. The zero-order chi connectivity index (χ0) is 18.2. The molecule has 1 saturated heterocycles. The summed E-state index contributed by atoms with van der Waals surface area (Å²) in [4.78, 5) is 16.8. The highest BCUT2D eigenvalue weighted by Crippen LogP contribution is 2.14. The van der Waals surface area contributed by atoms with Crippen LogP contribution in [-0.4, -0.2) is 72.8 Å². The number of carbonyl (C=O) groups is 1. The fourth-order valence-corrected chi connectivity index (χ4v) is 3.31. The topological polar surface area (TPSA) is 65.0 Å². The van der Waals surface area contributed by atoms with E-state index in [-0.39, 0.29) is 12.0 Å². The van der Waals surface area contributed by atoms with Gasteiger partial charge in [0.05, 0.1) is 19.8 Å². The van der Waals surface area contributed by atoms with Gasteiger partial charge in [0, 0.05) is 38.8 Å². The van der Waals surface area contributed by atoms with E-state index in [0.717, 1.165) is 37.4 Å². The largest absolute Gasteiger partial charge is 0.497 e. The van der Waals surface area contributed by atoms with Crippen molar-refractivity contribution >= 4 is 5.91 Å². The third-order valence-corrected chi connectivity index (χ3v) is 4.65. The van der Waals surface area contributed by atoms with Gasteiger partial charge in [-0.25, -0.2) is 0 Å². The highest BCUT2D eigenvalue weighted by Gasteiger charge is 2.27. The summed E-state index contributed by atoms with van der Waals surface area (Å²) < 4.78 is 5.20. The van der Waals surface area contributed by atoms with Crippen LogP contribution in [0.15, 0.2) is 24.3 Å². The molecule has 0 radical (unpaired) electrons. The average Bonchev–Trinajstić information content (AvgIpc) is 2.61. The number of piperazine rings is 1. The van der Waals surface area contributed by atoms with Crippen LogP contribution in [0.3, 0.4) is 0 Å². The molecule has 6 nitrogen and oxygen atoms in total. The Morgan fingerprint density at radius 3 is 2.92 bits per heavy atom. The van der Waals surface area contributed by atoms with Crippen LogP contribution in [0, 0.1) is 0 Å². The Morgan fingerprint density at radius 2 is 2.24 bits per heavy atom. The van der Waals surface area contributed by atoms with E-state index in [1.54, 1.807) is 7.11 Å². The second-order valence-electron chi connectivity index (χ2n) is 6.77. The molecule has 2 rings (SSSR count). The van der Waals surface area contributed by atoms with Gasteiger partial charge in [-0.05, 0) is 31.0 Å². The van der Waals surface area contributed by atoms with Crippen molar-refractivity contribution in [2.24, 2.45) is 0 Å². The normalized spacial score (nSPS) is 20.2. The van der Waals surface area contributed by atoms with E-state index in [9.17, 15) is 9.90 Å². The minimum Gasteiger partial charge on any atom is -0.497 e. The molecule has 25 heavy (non-hydrogen) atoms. The Hall–Kier alpha value is -1.63. The number of β-amino-alcohol motifs (C(OH)–C–C–N with tert-alkyl or cyclic N) is 1. The number of rotatable bonds is 8. The molecule has 140 valence electrons. The number of hydrogen-bond acceptors (Lipinski definition) is 5. The Kier molecular flexibility index (Phi) is 7.68. The van der Waals surface area contributed by atoms with E-state index >= 15 is 0 Å². The molecule has 0 saturated carbocycles. The molecule has 1 heterocycles. The van der Waals surface area contributed by atoms with Crippen molar-refractivity contribution in [2.75, 3.05) is 39.8 Å². The number of nitrogens with one attached hydrogen (secondary N) is 1. The van der Waals surface area contributed by atoms with Crippen molar-refractivity contribution in [3.05, 3.63) is 29.8 Å². The van der Waals surface area contributed by atoms with Crippen LogP contribution >= 0.6 is 0 Å². The van der Waals surface area contributed by atoms with Crippen LogP contribution < -0.4 is 10.1 Å². The van der Waals surface area contributed by atoms with E-state index in [1.165, 1.54) is 0 Å². The average molecular weight is 349 g/mol. The molecular formula is C19H31N3O3. The van der Waals surface area contributed by atoms with E-state index in [2.05, 4.69) is 22.0 Å². The number of methoxy groups -OCH3 is 1. The number of benzene rings is 1. The summed E-state index contributed by atoms with van der Waals surface area (Å²) in [6, 6.07) is 8.12. The maximum absolute atomic E-state index is 12.3. The number of amides is 1. The van der Waals surface area contributed by atoms with Gasteiger partial charge in [0.1, 0.15) is 5.75 Å². The van der Waals surface area contributed by atoms with Crippen LogP contribution in [0.4, 0.5) is 0 Å². The van der Waals surface area contributed by atoms with E-state index < -0.39 is 0 Å². The van der Waals surface area contributed by atoms with Crippen molar-refractivity contribution < 1.29 is 14.6 Å². The third-order valence-electron chi connectivity index (χ3n) is 4.65. The summed E-state index contributed by atoms with van der Waals surface area (Å²) in [5.74, 6) is 0.841. The lowest BCUT2D eigenvalue weighted by Gasteiger charge is -2.41. The molecule has 0 aliphatic carbocycles. The third kappa shape index (κ3) is 6.30. The van der Waals surface area contributed by atoms with Crippen LogP contribution in [0.5, 0.6) is 5.75 Å². The minimum absolute atomic E-state index is 0.0432. The molecule has 1 aromatic carbocycles. The monoisotopic (exact) mass is 349 g/mol. The van der Waals surface area contributed by atoms with Crippen molar-refractivity contribution in [3.63, 3.8) is 0 Å². The lowest BCUT2D eigenvalue weighted by molar-refractivity contribution is -0.123. The van der Waals surface area contributed by atoms with Gasteiger partial charge in [-0.15, -0.1) is 0 Å². The van der Waals surface area contributed by atoms with Crippen molar-refractivity contribution in [1.82, 2.24) is 15.1 Å². The molecule has 1 aliphatic rings. The fourth-order valence-electron chi connectivity index (χ4n) is 3.31. The maximum Gasteiger partial charge on any atom is 0.234 e. The molecule has 6 heteroatoms. The smallest absolute Gasteiger partial charge is 0.234 e. The Balaban J connectivity index is 1.78. The van der Waals surface area contributed by atoms with E-state index in [0.29, 0.717) is 25.7 Å². The zero-order valence-electron chi connectivity index (χ0n) is 15.6. The zero-order valence-corrected chi connectivity index (χ0v) is 15.6. The van der Waals surface area contributed by atoms with Gasteiger partial charge in [0.2, 0.25) is 5.91 Å². The van der Waals surface area contributed by atoms with Gasteiger partial charge in [0.15, 0.2) is 0 Å². The standard InChI is InChI=1S/C19H31N3O3/c1-4-17-13-21(8-9-22(17)12-15(2)23)14-19(24)20-11-16-6-5-7-18(10-16)25-3/h5-7,10,15,17,23H,4,8-9,11-14H2,1-3H3,(H,20,24)/t15-,17+/m1/s1. The summed E-state index contributed by atoms with van der Waals surface area (Å²) in [6.07, 6.45) is 0.709. The predicted molar refractivity (Wildman–Crippen MR) is 98.6 cm³/mol. The molecule has 0 aromatic heterocycles. The van der Waals surface area contributed by atoms with Crippen molar-refractivity contribution in [1.29, 1.82) is 0 Å². The first-order valence-electron chi connectivity index (χ1n) is 9.06. The summed E-state index contributed by atoms with van der Waals surface area (Å²) >= 11 is 0. The molecule has 0 spiro atoms. The first kappa shape index (κ1) is 19.7. The van der Waals surface area contributed by atoms with E-state index in [1.807, 2.05) is 31.2 Å². The highest BCUT2D eigenvalue weighted by atomic mass is 16.5. The maximum atomic E-state index is 12.3. The molecular weight excluding hydrogens is 318 g/mol. The van der Waals surface area contributed by atoms with Gasteiger partial charge in [-0.1, -0.05) is 19.1 Å². The lowest BCUT2D eigenvalue weighted by Crippen LogP contribution is -2.55. The Bertz CT molecular complexity index is 550. The molecule has 0 bridgehead atoms. The van der Waals surface area contributed by atoms with E-state index in [4.69, 9.17) is 4.74 Å². The van der Waals surface area contributed by atoms with Gasteiger partial charge >= 0.3 is 0 Å². The molecule has 2 N–H and O–H groups in total. The number of aliphatic hydroxyl groups excluding tert-OH is 1. The second kappa shape index (κ2) is 9.75. The summed E-state index contributed by atoms with van der Waals surface area (Å²) in [5, 5.41) is 12.6. The molecule has 0 unspecified atom stereocenters. The van der Waals surface area contributed by atoms with Crippen LogP contribution in [0.1, 0.15) is 25.8 Å². The van der Waals surface area contributed by atoms with Gasteiger partial charge in [-0.2, -0.15) is 0 Å². The van der Waals surface area contributed by atoms with Gasteiger partial charge in [-0.3, -0.25) is 14.6 Å². The summed E-state index contributed by atoms with van der Waals surface area (Å²) in [7, 11) is 1.64. The number of ether oxygens (including phenoxy) is 1. The molecule has 1 fully saturated rings.